The summed E-state index contributed by atoms with van der Waals surface area (Å²) in [6.45, 7) is 6.71. The molecule has 0 spiro atoms. The summed E-state index contributed by atoms with van der Waals surface area (Å²) in [7, 11) is -1.56. The lowest BCUT2D eigenvalue weighted by Crippen LogP contribution is -3.00. The van der Waals surface area contributed by atoms with E-state index in [-0.39, 0.29) is 24.0 Å². The summed E-state index contributed by atoms with van der Waals surface area (Å²) in [6, 6.07) is 14.4. The van der Waals surface area contributed by atoms with Gasteiger partial charge in [0.1, 0.15) is 0 Å². The molecule has 0 atom stereocenters. The van der Waals surface area contributed by atoms with Gasteiger partial charge in [0.25, 0.3) is 5.52 Å². The molecule has 0 fully saturated rings. The Morgan fingerprint density at radius 1 is 0.913 bits per heavy atom. The molecule has 0 aromatic heterocycles. The number of hydrogen-bond acceptors (Lipinski definition) is 1. The van der Waals surface area contributed by atoms with E-state index >= 15 is 0 Å². The van der Waals surface area contributed by atoms with Crippen LogP contribution in [0.3, 0.4) is 0 Å². The van der Waals surface area contributed by atoms with E-state index < -0.39 is 7.26 Å². The van der Waals surface area contributed by atoms with Crippen molar-refractivity contribution in [3.63, 3.8) is 0 Å². The first kappa shape index (κ1) is 20.6. The Kier molecular flexibility index (Phi) is 8.71. The van der Waals surface area contributed by atoms with Gasteiger partial charge in [-0.25, -0.2) is 4.79 Å². The topological polar surface area (TPSA) is 17.1 Å². The minimum absolute atomic E-state index is 0. The van der Waals surface area contributed by atoms with E-state index in [1.807, 2.05) is 24.3 Å². The summed E-state index contributed by atoms with van der Waals surface area (Å²) in [6.07, 6.45) is 6.89. The maximum Gasteiger partial charge on any atom is 0.298 e. The second-order valence-corrected chi connectivity index (χ2v) is 10.5. The van der Waals surface area contributed by atoms with Crippen LogP contribution in [0.2, 0.25) is 0 Å². The van der Waals surface area contributed by atoms with Crippen molar-refractivity contribution in [1.82, 2.24) is 0 Å². The van der Waals surface area contributed by atoms with E-state index in [1.165, 1.54) is 31.1 Å². The minimum atomic E-state index is -1.56. The van der Waals surface area contributed by atoms with Crippen LogP contribution < -0.4 is 24.0 Å². The Bertz CT molecular complexity index is 625. The molecule has 1 nitrogen and oxygen atoms in total. The Balaban J connectivity index is 0.00000264. The van der Waals surface area contributed by atoms with Gasteiger partial charge in [0, 0.05) is 0 Å². The maximum absolute atomic E-state index is 13.3. The lowest BCUT2D eigenvalue weighted by atomic mass is 10.1. The molecule has 2 aromatic rings. The smallest absolute Gasteiger partial charge is 0.298 e. The Morgan fingerprint density at radius 2 is 1.48 bits per heavy atom. The largest absolute Gasteiger partial charge is 1.00 e. The third-order valence-corrected chi connectivity index (χ3v) is 8.35. The first-order valence-corrected chi connectivity index (χ1v) is 11.1. The quantitative estimate of drug-likeness (QED) is 0.454. The fourth-order valence-corrected chi connectivity index (χ4v) is 6.47. The average Bonchev–Trinajstić information content (AvgIpc) is 2.57. The van der Waals surface area contributed by atoms with Crippen LogP contribution in [-0.4, -0.2) is 24.5 Å². The molecule has 126 valence electrons. The zero-order chi connectivity index (χ0) is 16.0. The molecule has 0 saturated carbocycles. The number of carbonyl (C=O) groups excluding carboxylic acids is 1. The minimum Gasteiger partial charge on any atom is -1.00 e. The van der Waals surface area contributed by atoms with Crippen molar-refractivity contribution in [2.45, 2.75) is 39.5 Å². The molecule has 0 saturated heterocycles. The first-order chi connectivity index (χ1) is 10.6. The van der Waals surface area contributed by atoms with Gasteiger partial charge in [-0.2, -0.15) is 0 Å². The van der Waals surface area contributed by atoms with Crippen LogP contribution in [0.25, 0.3) is 10.8 Å². The van der Waals surface area contributed by atoms with Crippen LogP contribution in [0, 0.1) is 0 Å². The third kappa shape index (κ3) is 5.00. The first-order valence-electron chi connectivity index (χ1n) is 8.49. The van der Waals surface area contributed by atoms with E-state index in [0.29, 0.717) is 5.52 Å². The fourth-order valence-electron chi connectivity index (χ4n) is 3.03. The molecule has 0 N–H and O–H groups in total. The summed E-state index contributed by atoms with van der Waals surface area (Å²) < 4.78 is 0. The molecule has 0 unspecified atom stereocenters. The van der Waals surface area contributed by atoms with Crippen molar-refractivity contribution in [2.24, 2.45) is 0 Å². The van der Waals surface area contributed by atoms with Crippen molar-refractivity contribution in [3.8, 4) is 0 Å². The highest BCUT2D eigenvalue weighted by Crippen LogP contribution is 2.59. The normalized spacial score (nSPS) is 11.3. The Hall–Kier alpha value is -0.470. The van der Waals surface area contributed by atoms with Gasteiger partial charge in [-0.3, -0.25) is 0 Å². The van der Waals surface area contributed by atoms with E-state index in [4.69, 9.17) is 0 Å². The van der Waals surface area contributed by atoms with Crippen LogP contribution in [0.15, 0.2) is 42.5 Å². The van der Waals surface area contributed by atoms with Crippen molar-refractivity contribution >= 4 is 23.6 Å². The van der Waals surface area contributed by atoms with E-state index in [9.17, 15) is 4.79 Å². The molecular formula is C20H28IOP. The number of unbranched alkanes of at least 4 members (excludes halogenated alkanes) is 2. The van der Waals surface area contributed by atoms with Crippen LogP contribution in [0.5, 0.6) is 0 Å². The van der Waals surface area contributed by atoms with Gasteiger partial charge >= 0.3 is 0 Å². The number of benzene rings is 2. The molecule has 0 amide bonds. The van der Waals surface area contributed by atoms with Crippen LogP contribution in [0.1, 0.15) is 49.9 Å². The van der Waals surface area contributed by atoms with Gasteiger partial charge in [-0.05, 0) is 29.7 Å². The standard InChI is InChI=1S/C20H28OP.HI/c1-4-6-15-22(3,16-7-5-2)20(21)19-14-10-12-17-11-8-9-13-18(17)19;/h8-14H,4-7,15-16H2,1-3H3;1H/q+1;/p-1. The predicted molar refractivity (Wildman–Crippen MR) is 101 cm³/mol. The highest BCUT2D eigenvalue weighted by molar-refractivity contribution is 7.91. The molecular weight excluding hydrogens is 414 g/mol. The number of carbonyl (C=O) groups is 1. The second-order valence-electron chi connectivity index (χ2n) is 6.38. The molecule has 2 rings (SSSR count). The third-order valence-electron chi connectivity index (χ3n) is 4.52. The highest BCUT2D eigenvalue weighted by Gasteiger charge is 2.40. The molecule has 0 radical (unpaired) electrons. The van der Waals surface area contributed by atoms with Gasteiger partial charge in [0.05, 0.1) is 31.8 Å². The van der Waals surface area contributed by atoms with Crippen LogP contribution >= 0.6 is 7.26 Å². The average molecular weight is 442 g/mol. The van der Waals surface area contributed by atoms with E-state index in [2.05, 4.69) is 38.7 Å². The van der Waals surface area contributed by atoms with Crippen molar-refractivity contribution in [3.05, 3.63) is 48.0 Å². The number of hydrogen-bond donors (Lipinski definition) is 0. The van der Waals surface area contributed by atoms with E-state index in [1.54, 1.807) is 0 Å². The van der Waals surface area contributed by atoms with Crippen LogP contribution in [-0.2, 0) is 0 Å². The molecule has 2 aromatic carbocycles. The van der Waals surface area contributed by atoms with Crippen LogP contribution in [0.4, 0.5) is 0 Å². The van der Waals surface area contributed by atoms with E-state index in [0.717, 1.165) is 23.3 Å². The maximum atomic E-state index is 13.3. The Morgan fingerprint density at radius 3 is 2.09 bits per heavy atom. The monoisotopic (exact) mass is 442 g/mol. The molecule has 0 heterocycles. The van der Waals surface area contributed by atoms with Gasteiger partial charge in [-0.1, -0.05) is 63.1 Å². The number of fused-ring (bicyclic) bond motifs is 1. The van der Waals surface area contributed by atoms with Gasteiger partial charge in [-0.15, -0.1) is 0 Å². The van der Waals surface area contributed by atoms with Gasteiger partial charge in [0.15, 0.2) is 0 Å². The number of halogens is 1. The SMILES string of the molecule is CCCC[P+](C)(CCCC)C(=O)c1cccc2ccccc12.[I-]. The second kappa shape index (κ2) is 9.74. The summed E-state index contributed by atoms with van der Waals surface area (Å²) in [5.74, 6) is 0. The molecule has 23 heavy (non-hydrogen) atoms. The molecule has 0 aliphatic heterocycles. The zero-order valence-corrected chi connectivity index (χ0v) is 17.6. The highest BCUT2D eigenvalue weighted by atomic mass is 127. The molecule has 0 aliphatic rings. The summed E-state index contributed by atoms with van der Waals surface area (Å²) in [5, 5.41) is 2.29. The molecule has 3 heteroatoms. The fraction of sp³-hybridized carbons (Fsp3) is 0.450. The summed E-state index contributed by atoms with van der Waals surface area (Å²) >= 11 is 0. The Labute approximate surface area is 158 Å². The van der Waals surface area contributed by atoms with Crippen molar-refractivity contribution in [2.75, 3.05) is 19.0 Å². The van der Waals surface area contributed by atoms with Gasteiger partial charge < -0.3 is 24.0 Å². The zero-order valence-electron chi connectivity index (χ0n) is 14.5. The molecule has 0 bridgehead atoms. The lowest BCUT2D eigenvalue weighted by molar-refractivity contribution is -0.0000113. The summed E-state index contributed by atoms with van der Waals surface area (Å²) in [4.78, 5) is 13.3. The molecule has 0 aliphatic carbocycles. The predicted octanol–water partition coefficient (Wildman–Crippen LogP) is 3.23. The van der Waals surface area contributed by atoms with Gasteiger partial charge in [0.2, 0.25) is 0 Å². The number of rotatable bonds is 8. The lowest BCUT2D eigenvalue weighted by Gasteiger charge is -2.21. The van der Waals surface area contributed by atoms with Crippen molar-refractivity contribution < 1.29 is 28.8 Å². The summed E-state index contributed by atoms with van der Waals surface area (Å²) in [5.41, 5.74) is 1.38. The van der Waals surface area contributed by atoms with Crippen molar-refractivity contribution in [1.29, 1.82) is 0 Å².